The van der Waals surface area contributed by atoms with Gasteiger partial charge < -0.3 is 18.9 Å². The van der Waals surface area contributed by atoms with Gasteiger partial charge >= 0.3 is 0 Å². The van der Waals surface area contributed by atoms with E-state index in [9.17, 15) is 8.42 Å². The van der Waals surface area contributed by atoms with E-state index in [0.717, 1.165) is 0 Å². The van der Waals surface area contributed by atoms with Gasteiger partial charge in [-0.3, -0.25) is 0 Å². The minimum atomic E-state index is -3.77. The summed E-state index contributed by atoms with van der Waals surface area (Å²) < 4.78 is 50.6. The average molecular weight is 442 g/mol. The van der Waals surface area contributed by atoms with Crippen molar-refractivity contribution in [2.45, 2.75) is 11.0 Å². The van der Waals surface area contributed by atoms with Crippen molar-refractivity contribution in [1.82, 2.24) is 4.72 Å². The third kappa shape index (κ3) is 3.46. The summed E-state index contributed by atoms with van der Waals surface area (Å²) in [7, 11) is -3.77. The van der Waals surface area contributed by atoms with E-state index in [0.29, 0.717) is 40.7 Å². The second-order valence-corrected chi connectivity index (χ2v) is 8.37. The number of fused-ring (bicyclic) bond motifs is 2. The highest BCUT2D eigenvalue weighted by atomic mass is 79.9. The van der Waals surface area contributed by atoms with Crippen molar-refractivity contribution in [1.29, 1.82) is 0 Å². The topological polar surface area (TPSA) is 83.1 Å². The summed E-state index contributed by atoms with van der Waals surface area (Å²) in [6.07, 6.45) is -0.421. The summed E-state index contributed by atoms with van der Waals surface area (Å²) in [5, 5.41) is 0. The Balaban J connectivity index is 1.48. The standard InChI is InChI=1S/C17H16BrNO6S/c18-12-7-15-16(23-6-5-22-15)8-17(12)26(20,21)19-9-11-10-24-13-3-1-2-4-14(13)25-11/h1-4,7-8,11,19H,5-6,9-10H2. The lowest BCUT2D eigenvalue weighted by Crippen LogP contribution is -2.40. The molecule has 2 aromatic rings. The van der Waals surface area contributed by atoms with Crippen LogP contribution in [0.15, 0.2) is 45.8 Å². The van der Waals surface area contributed by atoms with Crippen LogP contribution in [0.5, 0.6) is 23.0 Å². The van der Waals surface area contributed by atoms with Crippen LogP contribution in [0.2, 0.25) is 0 Å². The van der Waals surface area contributed by atoms with Crippen LogP contribution in [0.3, 0.4) is 0 Å². The van der Waals surface area contributed by atoms with Gasteiger partial charge in [0.2, 0.25) is 10.0 Å². The number of benzene rings is 2. The Morgan fingerprint density at radius 1 is 1.00 bits per heavy atom. The van der Waals surface area contributed by atoms with Gasteiger partial charge in [0.25, 0.3) is 0 Å². The highest BCUT2D eigenvalue weighted by Gasteiger charge is 2.26. The molecule has 4 rings (SSSR count). The molecule has 0 fully saturated rings. The molecule has 0 saturated heterocycles. The first-order valence-corrected chi connectivity index (χ1v) is 10.3. The Kier molecular flexibility index (Phi) is 4.68. The van der Waals surface area contributed by atoms with Gasteiger partial charge in [-0.05, 0) is 34.1 Å². The summed E-state index contributed by atoms with van der Waals surface area (Å²) in [5.41, 5.74) is 0. The maximum Gasteiger partial charge on any atom is 0.241 e. The molecule has 2 heterocycles. The Bertz CT molecular complexity index is 933. The zero-order valence-corrected chi connectivity index (χ0v) is 16.0. The smallest absolute Gasteiger partial charge is 0.241 e. The Labute approximate surface area is 159 Å². The number of hydrogen-bond acceptors (Lipinski definition) is 6. The summed E-state index contributed by atoms with van der Waals surface area (Å²) >= 11 is 3.29. The molecule has 0 bridgehead atoms. The van der Waals surface area contributed by atoms with Crippen molar-refractivity contribution in [3.63, 3.8) is 0 Å². The predicted molar refractivity (Wildman–Crippen MR) is 96.7 cm³/mol. The Hall–Kier alpha value is -1.97. The molecule has 2 aromatic carbocycles. The summed E-state index contributed by atoms with van der Waals surface area (Å²) in [6, 6.07) is 10.3. The van der Waals surface area contributed by atoms with Crippen molar-refractivity contribution in [3.05, 3.63) is 40.9 Å². The maximum atomic E-state index is 12.7. The van der Waals surface area contributed by atoms with Gasteiger partial charge in [0.05, 0.1) is 6.54 Å². The molecule has 0 radical (unpaired) electrons. The second-order valence-electron chi connectivity index (χ2n) is 5.78. The Morgan fingerprint density at radius 3 is 2.46 bits per heavy atom. The quantitative estimate of drug-likeness (QED) is 0.783. The Morgan fingerprint density at radius 2 is 1.69 bits per heavy atom. The third-order valence-electron chi connectivity index (χ3n) is 3.95. The number of hydrogen-bond donors (Lipinski definition) is 1. The molecular formula is C17H16BrNO6S. The zero-order chi connectivity index (χ0) is 18.1. The van der Waals surface area contributed by atoms with E-state index >= 15 is 0 Å². The molecule has 7 nitrogen and oxygen atoms in total. The van der Waals surface area contributed by atoms with Crippen molar-refractivity contribution in [3.8, 4) is 23.0 Å². The van der Waals surface area contributed by atoms with Gasteiger partial charge in [0, 0.05) is 10.5 Å². The first kappa shape index (κ1) is 17.4. The summed E-state index contributed by atoms with van der Waals surface area (Å²) in [6.45, 7) is 1.16. The van der Waals surface area contributed by atoms with E-state index in [1.54, 1.807) is 12.1 Å². The molecule has 1 N–H and O–H groups in total. The van der Waals surface area contributed by atoms with Crippen LogP contribution >= 0.6 is 15.9 Å². The SMILES string of the molecule is O=S(=O)(NCC1COc2ccccc2O1)c1cc2c(cc1Br)OCCO2. The van der Waals surface area contributed by atoms with Gasteiger partial charge in [0.1, 0.15) is 30.8 Å². The maximum absolute atomic E-state index is 12.7. The fourth-order valence-corrected chi connectivity index (χ4v) is 4.80. The lowest BCUT2D eigenvalue weighted by Gasteiger charge is -2.26. The number of halogens is 1. The fraction of sp³-hybridized carbons (Fsp3) is 0.294. The number of para-hydroxylation sites is 2. The van der Waals surface area contributed by atoms with Crippen molar-refractivity contribution < 1.29 is 27.4 Å². The highest BCUT2D eigenvalue weighted by Crippen LogP contribution is 2.37. The molecule has 26 heavy (non-hydrogen) atoms. The normalized spacial score (nSPS) is 18.4. The van der Waals surface area contributed by atoms with Crippen LogP contribution in [0.1, 0.15) is 0 Å². The van der Waals surface area contributed by atoms with E-state index in [2.05, 4.69) is 20.7 Å². The summed E-state index contributed by atoms with van der Waals surface area (Å²) in [4.78, 5) is 0.0823. The van der Waals surface area contributed by atoms with E-state index in [-0.39, 0.29) is 18.0 Å². The highest BCUT2D eigenvalue weighted by molar-refractivity contribution is 9.10. The monoisotopic (exact) mass is 441 g/mol. The number of nitrogens with one attached hydrogen (secondary N) is 1. The minimum absolute atomic E-state index is 0.0809. The lowest BCUT2D eigenvalue weighted by molar-refractivity contribution is 0.0943. The molecule has 2 aliphatic rings. The molecule has 0 saturated carbocycles. The van der Waals surface area contributed by atoms with Gasteiger partial charge in [-0.2, -0.15) is 0 Å². The van der Waals surface area contributed by atoms with Crippen molar-refractivity contribution in [2.24, 2.45) is 0 Å². The minimum Gasteiger partial charge on any atom is -0.486 e. The van der Waals surface area contributed by atoms with Crippen LogP contribution < -0.4 is 23.7 Å². The van der Waals surface area contributed by atoms with Crippen LogP contribution in [0, 0.1) is 0 Å². The molecule has 0 spiro atoms. The molecule has 1 atom stereocenters. The predicted octanol–water partition coefficient (Wildman–Crippen LogP) is 2.34. The van der Waals surface area contributed by atoms with Crippen LogP contribution in [0.4, 0.5) is 0 Å². The molecule has 9 heteroatoms. The molecule has 1 unspecified atom stereocenters. The van der Waals surface area contributed by atoms with E-state index in [1.807, 2.05) is 18.2 Å². The molecule has 138 valence electrons. The van der Waals surface area contributed by atoms with Crippen LogP contribution in [0.25, 0.3) is 0 Å². The third-order valence-corrected chi connectivity index (χ3v) is 6.34. The first-order valence-electron chi connectivity index (χ1n) is 8.00. The van der Waals surface area contributed by atoms with Crippen LogP contribution in [-0.4, -0.2) is 40.9 Å². The number of sulfonamides is 1. The van der Waals surface area contributed by atoms with Crippen LogP contribution in [-0.2, 0) is 10.0 Å². The second kappa shape index (κ2) is 6.98. The molecular weight excluding hydrogens is 426 g/mol. The first-order chi connectivity index (χ1) is 12.5. The van der Waals surface area contributed by atoms with Gasteiger partial charge in [-0.1, -0.05) is 12.1 Å². The summed E-state index contributed by atoms with van der Waals surface area (Å²) in [5.74, 6) is 2.18. The molecule has 0 aromatic heterocycles. The lowest BCUT2D eigenvalue weighted by atomic mass is 10.2. The van der Waals surface area contributed by atoms with E-state index < -0.39 is 16.1 Å². The number of ether oxygens (including phenoxy) is 4. The molecule has 0 aliphatic carbocycles. The largest absolute Gasteiger partial charge is 0.486 e. The zero-order valence-electron chi connectivity index (χ0n) is 13.6. The van der Waals surface area contributed by atoms with Gasteiger partial charge in [-0.25, -0.2) is 13.1 Å². The fourth-order valence-electron chi connectivity index (χ4n) is 2.70. The van der Waals surface area contributed by atoms with Gasteiger partial charge in [-0.15, -0.1) is 0 Å². The van der Waals surface area contributed by atoms with Crippen molar-refractivity contribution >= 4 is 26.0 Å². The molecule has 2 aliphatic heterocycles. The van der Waals surface area contributed by atoms with E-state index in [1.165, 1.54) is 6.07 Å². The van der Waals surface area contributed by atoms with Gasteiger partial charge in [0.15, 0.2) is 23.0 Å². The van der Waals surface area contributed by atoms with E-state index in [4.69, 9.17) is 18.9 Å². The average Bonchev–Trinajstić information content (AvgIpc) is 2.65. The molecule has 0 amide bonds. The van der Waals surface area contributed by atoms with Crippen molar-refractivity contribution in [2.75, 3.05) is 26.4 Å². The number of rotatable bonds is 4.